The third-order valence-corrected chi connectivity index (χ3v) is 5.53. The Hall–Kier alpha value is -3.06. The maximum Gasteiger partial charge on any atom is 0.266 e. The molecule has 6 nitrogen and oxygen atoms in total. The molecule has 0 amide bonds. The number of hydrogen-bond donors (Lipinski definition) is 1. The molecule has 4 aromatic rings. The van der Waals surface area contributed by atoms with Crippen LogP contribution < -0.4 is 10.3 Å². The van der Waals surface area contributed by atoms with Crippen LogP contribution in [0.3, 0.4) is 0 Å². The van der Waals surface area contributed by atoms with Crippen molar-refractivity contribution < 1.29 is 4.74 Å². The lowest BCUT2D eigenvalue weighted by atomic mass is 10.1. The normalized spacial score (nSPS) is 11.1. The van der Waals surface area contributed by atoms with E-state index in [4.69, 9.17) is 9.72 Å². The molecular formula is C22H22N4O2S. The largest absolute Gasteiger partial charge is 0.493 e. The Morgan fingerprint density at radius 1 is 1.10 bits per heavy atom. The quantitative estimate of drug-likeness (QED) is 0.369. The number of fused-ring (bicyclic) bond motifs is 1. The van der Waals surface area contributed by atoms with E-state index < -0.39 is 0 Å². The molecule has 0 aliphatic heterocycles. The summed E-state index contributed by atoms with van der Waals surface area (Å²) in [5, 5.41) is 3.45. The molecule has 0 unspecified atom stereocenters. The van der Waals surface area contributed by atoms with Crippen molar-refractivity contribution >= 4 is 17.4 Å². The second-order valence-electron chi connectivity index (χ2n) is 6.65. The molecule has 2 aromatic carbocycles. The highest BCUT2D eigenvalue weighted by molar-refractivity contribution is 7.99. The first kappa shape index (κ1) is 19.3. The molecule has 2 heterocycles. The summed E-state index contributed by atoms with van der Waals surface area (Å²) in [7, 11) is 0. The van der Waals surface area contributed by atoms with E-state index in [0.29, 0.717) is 29.0 Å². The number of rotatable bonds is 7. The fraction of sp³-hybridized carbons (Fsp3) is 0.227. The summed E-state index contributed by atoms with van der Waals surface area (Å²) in [6, 6.07) is 17.6. The Balaban J connectivity index is 1.52. The molecule has 0 saturated carbocycles. The van der Waals surface area contributed by atoms with Crippen LogP contribution in [0.5, 0.6) is 5.75 Å². The topological polar surface area (TPSA) is 72.3 Å². The summed E-state index contributed by atoms with van der Waals surface area (Å²) in [6.07, 6.45) is 1.01. The third-order valence-electron chi connectivity index (χ3n) is 4.63. The second kappa shape index (κ2) is 8.53. The first-order valence-corrected chi connectivity index (χ1v) is 10.5. The Labute approximate surface area is 173 Å². The SMILES string of the molecule is CCc1ccc(OCCSc2nc(-c3ccccc3C)nc3cc(=O)[nH]n23)cc1. The van der Waals surface area contributed by atoms with Crippen LogP contribution in [0.15, 0.2) is 64.5 Å². The van der Waals surface area contributed by atoms with Gasteiger partial charge in [-0.2, -0.15) is 0 Å². The van der Waals surface area contributed by atoms with Gasteiger partial charge in [-0.3, -0.25) is 9.89 Å². The molecule has 0 atom stereocenters. The van der Waals surface area contributed by atoms with Gasteiger partial charge in [0.15, 0.2) is 16.6 Å². The monoisotopic (exact) mass is 406 g/mol. The van der Waals surface area contributed by atoms with Crippen molar-refractivity contribution in [1.29, 1.82) is 0 Å². The number of aromatic nitrogens is 4. The smallest absolute Gasteiger partial charge is 0.266 e. The first-order chi connectivity index (χ1) is 14.1. The second-order valence-corrected chi connectivity index (χ2v) is 7.72. The van der Waals surface area contributed by atoms with Crippen LogP contribution in [-0.4, -0.2) is 31.9 Å². The zero-order chi connectivity index (χ0) is 20.2. The number of aryl methyl sites for hydroxylation is 2. The van der Waals surface area contributed by atoms with E-state index in [1.165, 1.54) is 23.4 Å². The molecule has 0 bridgehead atoms. The Morgan fingerprint density at radius 3 is 2.66 bits per heavy atom. The number of ether oxygens (including phenoxy) is 1. The molecule has 1 N–H and O–H groups in total. The van der Waals surface area contributed by atoms with Crippen LogP contribution in [0.25, 0.3) is 17.0 Å². The summed E-state index contributed by atoms with van der Waals surface area (Å²) in [5.41, 5.74) is 3.69. The lowest BCUT2D eigenvalue weighted by molar-refractivity contribution is 0.343. The zero-order valence-corrected chi connectivity index (χ0v) is 17.2. The Morgan fingerprint density at radius 2 is 1.90 bits per heavy atom. The summed E-state index contributed by atoms with van der Waals surface area (Å²) in [4.78, 5) is 21.1. The molecule has 148 valence electrons. The molecular weight excluding hydrogens is 384 g/mol. The van der Waals surface area contributed by atoms with Crippen LogP contribution in [0, 0.1) is 6.92 Å². The summed E-state index contributed by atoms with van der Waals surface area (Å²) in [5.74, 6) is 2.15. The van der Waals surface area contributed by atoms with Crippen molar-refractivity contribution in [1.82, 2.24) is 19.6 Å². The van der Waals surface area contributed by atoms with Gasteiger partial charge in [0.05, 0.1) is 6.61 Å². The molecule has 0 aliphatic rings. The van der Waals surface area contributed by atoms with Gasteiger partial charge in [0, 0.05) is 17.4 Å². The van der Waals surface area contributed by atoms with E-state index >= 15 is 0 Å². The van der Waals surface area contributed by atoms with Crippen LogP contribution in [0.4, 0.5) is 0 Å². The van der Waals surface area contributed by atoms with Crippen molar-refractivity contribution in [3.8, 4) is 17.1 Å². The number of nitrogens with one attached hydrogen (secondary N) is 1. The van der Waals surface area contributed by atoms with Gasteiger partial charge in [-0.05, 0) is 36.6 Å². The number of thioether (sulfide) groups is 1. The maximum atomic E-state index is 11.8. The number of H-pyrrole nitrogens is 1. The molecule has 0 saturated heterocycles. The maximum absolute atomic E-state index is 11.8. The van der Waals surface area contributed by atoms with E-state index in [1.807, 2.05) is 43.3 Å². The molecule has 29 heavy (non-hydrogen) atoms. The summed E-state index contributed by atoms with van der Waals surface area (Å²) >= 11 is 1.52. The lowest BCUT2D eigenvalue weighted by Gasteiger charge is -2.10. The molecule has 2 aromatic heterocycles. The minimum atomic E-state index is -0.199. The predicted molar refractivity (Wildman–Crippen MR) is 116 cm³/mol. The fourth-order valence-corrected chi connectivity index (χ4v) is 3.81. The van der Waals surface area contributed by atoms with Gasteiger partial charge in [-0.1, -0.05) is 55.1 Å². The van der Waals surface area contributed by atoms with Gasteiger partial charge in [0.25, 0.3) is 5.56 Å². The van der Waals surface area contributed by atoms with Crippen molar-refractivity contribution in [2.75, 3.05) is 12.4 Å². The van der Waals surface area contributed by atoms with Gasteiger partial charge in [-0.25, -0.2) is 14.5 Å². The third kappa shape index (κ3) is 4.35. The van der Waals surface area contributed by atoms with Gasteiger partial charge in [0.2, 0.25) is 0 Å². The molecule has 0 fully saturated rings. The Kier molecular flexibility index (Phi) is 5.67. The van der Waals surface area contributed by atoms with Gasteiger partial charge in [0.1, 0.15) is 5.75 Å². The fourth-order valence-electron chi connectivity index (χ4n) is 3.04. The zero-order valence-electron chi connectivity index (χ0n) is 16.4. The minimum absolute atomic E-state index is 0.199. The van der Waals surface area contributed by atoms with Crippen molar-refractivity contribution in [2.45, 2.75) is 25.4 Å². The van der Waals surface area contributed by atoms with Gasteiger partial charge in [-0.15, -0.1) is 0 Å². The molecule has 0 aliphatic carbocycles. The average molecular weight is 407 g/mol. The van der Waals surface area contributed by atoms with Crippen LogP contribution in [-0.2, 0) is 6.42 Å². The van der Waals surface area contributed by atoms with E-state index in [2.05, 4.69) is 29.1 Å². The average Bonchev–Trinajstić information content (AvgIpc) is 3.12. The van der Waals surface area contributed by atoms with Crippen LogP contribution in [0.2, 0.25) is 0 Å². The number of aromatic amines is 1. The van der Waals surface area contributed by atoms with E-state index in [1.54, 1.807) is 4.52 Å². The number of nitrogens with zero attached hydrogens (tertiary/aromatic N) is 3. The highest BCUT2D eigenvalue weighted by Crippen LogP contribution is 2.24. The van der Waals surface area contributed by atoms with E-state index in [9.17, 15) is 4.79 Å². The summed E-state index contributed by atoms with van der Waals surface area (Å²) in [6.45, 7) is 4.69. The Bertz CT molecular complexity index is 1180. The molecule has 4 rings (SSSR count). The summed E-state index contributed by atoms with van der Waals surface area (Å²) < 4.78 is 7.46. The van der Waals surface area contributed by atoms with Crippen LogP contribution >= 0.6 is 11.8 Å². The predicted octanol–water partition coefficient (Wildman–Crippen LogP) is 4.13. The van der Waals surface area contributed by atoms with E-state index in [-0.39, 0.29) is 5.56 Å². The minimum Gasteiger partial charge on any atom is -0.493 e. The highest BCUT2D eigenvalue weighted by Gasteiger charge is 2.12. The van der Waals surface area contributed by atoms with Crippen molar-refractivity contribution in [3.05, 3.63) is 76.1 Å². The molecule has 7 heteroatoms. The lowest BCUT2D eigenvalue weighted by Crippen LogP contribution is -2.07. The molecule has 0 spiro atoms. The standard InChI is InChI=1S/C22H22N4O2S/c1-3-16-8-10-17(11-9-16)28-12-13-29-22-24-21(18-7-5-4-6-15(18)2)23-19-14-20(27)25-26(19)22/h4-11,14H,3,12-13H2,1-2H3,(H,25,27). The number of hydrogen-bond acceptors (Lipinski definition) is 5. The van der Waals surface area contributed by atoms with Crippen LogP contribution in [0.1, 0.15) is 18.1 Å². The highest BCUT2D eigenvalue weighted by atomic mass is 32.2. The molecule has 0 radical (unpaired) electrons. The van der Waals surface area contributed by atoms with Crippen molar-refractivity contribution in [2.24, 2.45) is 0 Å². The van der Waals surface area contributed by atoms with Crippen molar-refractivity contribution in [3.63, 3.8) is 0 Å². The number of benzene rings is 2. The van der Waals surface area contributed by atoms with Gasteiger partial charge < -0.3 is 4.74 Å². The van der Waals surface area contributed by atoms with E-state index in [0.717, 1.165) is 23.3 Å². The first-order valence-electron chi connectivity index (χ1n) is 9.54. The van der Waals surface area contributed by atoms with Gasteiger partial charge >= 0.3 is 0 Å².